The Morgan fingerprint density at radius 3 is 2.38 bits per heavy atom. The summed E-state index contributed by atoms with van der Waals surface area (Å²) in [7, 11) is 3.92. The van der Waals surface area contributed by atoms with Gasteiger partial charge in [-0.3, -0.25) is 14.5 Å². The number of rotatable bonds is 7. The van der Waals surface area contributed by atoms with E-state index in [1.807, 2.05) is 69.1 Å². The third-order valence-electron chi connectivity index (χ3n) is 9.26. The van der Waals surface area contributed by atoms with Crippen molar-refractivity contribution in [3.05, 3.63) is 60.7 Å². The molecule has 1 spiro atoms. The maximum Gasteiger partial charge on any atom is 0.222 e. The Balaban J connectivity index is 1.21. The van der Waals surface area contributed by atoms with Gasteiger partial charge in [0.05, 0.1) is 6.20 Å². The Morgan fingerprint density at radius 2 is 1.77 bits per heavy atom. The van der Waals surface area contributed by atoms with E-state index in [4.69, 9.17) is 4.99 Å². The Bertz CT molecular complexity index is 1360. The van der Waals surface area contributed by atoms with Crippen LogP contribution in [-0.2, 0) is 11.8 Å². The number of amides is 1. The van der Waals surface area contributed by atoms with Crippen LogP contribution in [0.1, 0.15) is 64.9 Å². The van der Waals surface area contributed by atoms with E-state index in [2.05, 4.69) is 47.1 Å². The molecule has 3 heterocycles. The van der Waals surface area contributed by atoms with Gasteiger partial charge in [0.15, 0.2) is 5.82 Å². The third-order valence-corrected chi connectivity index (χ3v) is 9.26. The highest BCUT2D eigenvalue weighted by atomic mass is 16.2. The lowest BCUT2D eigenvalue weighted by molar-refractivity contribution is -0.130. The number of benzene rings is 1. The molecule has 3 aromatic rings. The fraction of sp³-hybridized carbons (Fsp3) is 0.469. The fourth-order valence-electron chi connectivity index (χ4n) is 6.31. The summed E-state index contributed by atoms with van der Waals surface area (Å²) < 4.78 is 1.80. The lowest BCUT2D eigenvalue weighted by Crippen LogP contribution is -2.46. The zero-order chi connectivity index (χ0) is 27.6. The van der Waals surface area contributed by atoms with Crippen LogP contribution in [0.15, 0.2) is 60.1 Å². The number of hydrogen-bond donors (Lipinski definition) is 0. The topological polar surface area (TPSA) is 76.3 Å². The van der Waals surface area contributed by atoms with Crippen LogP contribution < -0.4 is 0 Å². The number of nitrogens with zero attached hydrogens (tertiary/aromatic N) is 6. The van der Waals surface area contributed by atoms with Crippen LogP contribution in [-0.4, -0.2) is 55.4 Å². The van der Waals surface area contributed by atoms with Gasteiger partial charge < -0.3 is 4.90 Å². The predicted octanol–water partition coefficient (Wildman–Crippen LogP) is 6.22. The molecule has 0 bridgehead atoms. The zero-order valence-electron chi connectivity index (χ0n) is 23.8. The Kier molecular flexibility index (Phi) is 7.78. The molecule has 39 heavy (non-hydrogen) atoms. The first-order valence-electron chi connectivity index (χ1n) is 14.2. The van der Waals surface area contributed by atoms with Gasteiger partial charge in [0.25, 0.3) is 0 Å². The minimum atomic E-state index is 0.115. The molecule has 1 amide bonds. The molecule has 1 aromatic carbocycles. The molecule has 7 nitrogen and oxygen atoms in total. The number of likely N-dealkylation sites (tertiary alicyclic amines) is 1. The molecule has 2 aliphatic rings. The van der Waals surface area contributed by atoms with Gasteiger partial charge in [-0.05, 0) is 75.0 Å². The second-order valence-electron chi connectivity index (χ2n) is 11.4. The van der Waals surface area contributed by atoms with Crippen molar-refractivity contribution >= 4 is 17.7 Å². The van der Waals surface area contributed by atoms with Crippen LogP contribution in [0.4, 0.5) is 0 Å². The molecule has 1 saturated heterocycles. The van der Waals surface area contributed by atoms with E-state index in [0.717, 1.165) is 47.1 Å². The van der Waals surface area contributed by atoms with Gasteiger partial charge in [-0.25, -0.2) is 9.97 Å². The first-order chi connectivity index (χ1) is 18.8. The molecule has 204 valence electrons. The SMILES string of the molecule is CC=C(C=NC(C)C(C)C1CCC2(CCC(=O)N2C)CC1)c1cnc(-c2cccc(-c3cnn(C)c3)c2)nc1. The molecule has 1 saturated carbocycles. The van der Waals surface area contributed by atoms with Crippen molar-refractivity contribution in [2.45, 2.75) is 70.9 Å². The first-order valence-corrected chi connectivity index (χ1v) is 14.2. The third kappa shape index (κ3) is 5.58. The minimum absolute atomic E-state index is 0.115. The van der Waals surface area contributed by atoms with Crippen molar-refractivity contribution in [1.29, 1.82) is 0 Å². The molecule has 2 aromatic heterocycles. The molecule has 1 aliphatic heterocycles. The lowest BCUT2D eigenvalue weighted by Gasteiger charge is -2.44. The van der Waals surface area contributed by atoms with Crippen LogP contribution in [0.5, 0.6) is 0 Å². The van der Waals surface area contributed by atoms with Crippen molar-refractivity contribution in [2.75, 3.05) is 7.05 Å². The molecular weight excluding hydrogens is 484 g/mol. The van der Waals surface area contributed by atoms with Crippen LogP contribution in [0, 0.1) is 11.8 Å². The van der Waals surface area contributed by atoms with E-state index in [-0.39, 0.29) is 11.6 Å². The second-order valence-corrected chi connectivity index (χ2v) is 11.4. The summed E-state index contributed by atoms with van der Waals surface area (Å²) in [6, 6.07) is 8.45. The molecule has 1 aliphatic carbocycles. The predicted molar refractivity (Wildman–Crippen MR) is 157 cm³/mol. The summed E-state index contributed by atoms with van der Waals surface area (Å²) in [5.41, 5.74) is 5.24. The molecule has 0 N–H and O–H groups in total. The van der Waals surface area contributed by atoms with Gasteiger partial charge in [0.1, 0.15) is 0 Å². The Morgan fingerprint density at radius 1 is 1.05 bits per heavy atom. The Hall–Kier alpha value is -3.61. The molecule has 2 fully saturated rings. The van der Waals surface area contributed by atoms with Crippen LogP contribution in [0.3, 0.4) is 0 Å². The van der Waals surface area contributed by atoms with Crippen molar-refractivity contribution in [3.8, 4) is 22.5 Å². The minimum Gasteiger partial charge on any atom is -0.340 e. The van der Waals surface area contributed by atoms with Gasteiger partial charge in [-0.1, -0.05) is 31.2 Å². The quantitative estimate of drug-likeness (QED) is 0.344. The number of aliphatic imine (C=N–C) groups is 1. The number of aryl methyl sites for hydroxylation is 1. The van der Waals surface area contributed by atoms with Gasteiger partial charge in [-0.15, -0.1) is 0 Å². The largest absolute Gasteiger partial charge is 0.340 e. The average molecular weight is 525 g/mol. The molecular formula is C32H40N6O. The summed E-state index contributed by atoms with van der Waals surface area (Å²) >= 11 is 0. The van der Waals surface area contributed by atoms with E-state index in [9.17, 15) is 4.79 Å². The van der Waals surface area contributed by atoms with Crippen LogP contribution in [0.2, 0.25) is 0 Å². The number of carbonyl (C=O) groups excluding carboxylic acids is 1. The highest BCUT2D eigenvalue weighted by Crippen LogP contribution is 2.45. The van der Waals surface area contributed by atoms with E-state index >= 15 is 0 Å². The van der Waals surface area contributed by atoms with Crippen LogP contribution in [0.25, 0.3) is 28.1 Å². The number of carbonyl (C=O) groups is 1. The normalized spacial score (nSPS) is 23.6. The van der Waals surface area contributed by atoms with E-state index in [1.54, 1.807) is 4.68 Å². The van der Waals surface area contributed by atoms with Crippen LogP contribution >= 0.6 is 0 Å². The van der Waals surface area contributed by atoms with Gasteiger partial charge in [-0.2, -0.15) is 5.10 Å². The van der Waals surface area contributed by atoms with E-state index < -0.39 is 0 Å². The number of hydrogen-bond acceptors (Lipinski definition) is 5. The van der Waals surface area contributed by atoms with Gasteiger partial charge >= 0.3 is 0 Å². The van der Waals surface area contributed by atoms with E-state index in [1.165, 1.54) is 12.8 Å². The Labute approximate surface area is 232 Å². The second kappa shape index (κ2) is 11.2. The highest BCUT2D eigenvalue weighted by Gasteiger charge is 2.45. The zero-order valence-corrected chi connectivity index (χ0v) is 23.8. The summed E-state index contributed by atoms with van der Waals surface area (Å²) in [4.78, 5) is 28.5. The molecule has 2 unspecified atom stereocenters. The van der Waals surface area contributed by atoms with Crippen molar-refractivity contribution in [3.63, 3.8) is 0 Å². The summed E-state index contributed by atoms with van der Waals surface area (Å²) in [6.45, 7) is 6.58. The van der Waals surface area contributed by atoms with Gasteiger partial charge in [0, 0.05) is 73.6 Å². The number of allylic oxidation sites excluding steroid dienone is 2. The summed E-state index contributed by atoms with van der Waals surface area (Å²) in [6.07, 6.45) is 18.0. The van der Waals surface area contributed by atoms with Gasteiger partial charge in [0.2, 0.25) is 5.91 Å². The van der Waals surface area contributed by atoms with E-state index in [0.29, 0.717) is 30.0 Å². The average Bonchev–Trinajstić information content (AvgIpc) is 3.52. The first kappa shape index (κ1) is 27.0. The molecule has 2 atom stereocenters. The summed E-state index contributed by atoms with van der Waals surface area (Å²) in [5, 5.41) is 4.28. The van der Waals surface area contributed by atoms with Crippen molar-refractivity contribution in [2.24, 2.45) is 23.9 Å². The fourth-order valence-corrected chi connectivity index (χ4v) is 6.31. The monoisotopic (exact) mass is 524 g/mol. The lowest BCUT2D eigenvalue weighted by atomic mass is 9.70. The molecule has 5 rings (SSSR count). The smallest absolute Gasteiger partial charge is 0.222 e. The standard InChI is InChI=1S/C32H40N6O/c1-6-24(17-33-23(3)22(2)25-10-13-32(14-11-25)15-12-30(39)38(32)5)28-18-34-31(35-19-28)27-9-7-8-26(16-27)29-20-36-37(4)21-29/h6-9,16-23,25H,10-15H2,1-5H3. The molecule has 0 radical (unpaired) electrons. The highest BCUT2D eigenvalue weighted by molar-refractivity contribution is 6.09. The maximum atomic E-state index is 12.1. The summed E-state index contributed by atoms with van der Waals surface area (Å²) in [5.74, 6) is 2.15. The maximum absolute atomic E-state index is 12.1. The van der Waals surface area contributed by atoms with Crippen molar-refractivity contribution in [1.82, 2.24) is 24.6 Å². The van der Waals surface area contributed by atoms with Crippen molar-refractivity contribution < 1.29 is 4.79 Å². The molecule has 7 heteroatoms. The number of aromatic nitrogens is 4.